The normalized spacial score (nSPS) is 12.4. The number of nitrogens with zero attached hydrogens (tertiary/aromatic N) is 2. The van der Waals surface area contributed by atoms with Crippen LogP contribution < -0.4 is 10.6 Å². The van der Waals surface area contributed by atoms with E-state index >= 15 is 0 Å². The molecule has 4 nitrogen and oxygen atoms in total. The van der Waals surface area contributed by atoms with E-state index in [9.17, 15) is 4.39 Å². The Morgan fingerprint density at radius 2 is 2.14 bits per heavy atom. The van der Waals surface area contributed by atoms with Crippen molar-refractivity contribution >= 4 is 16.5 Å². The topological polar surface area (TPSA) is 51.4 Å². The van der Waals surface area contributed by atoms with Gasteiger partial charge in [0.15, 0.2) is 5.13 Å². The quantitative estimate of drug-likeness (QED) is 0.891. The zero-order chi connectivity index (χ0) is 15.4. The molecule has 2 aromatic rings. The number of rotatable bonds is 6. The summed E-state index contributed by atoms with van der Waals surface area (Å²) in [6.07, 6.45) is 0. The lowest BCUT2D eigenvalue weighted by molar-refractivity contribution is 0.181. The van der Waals surface area contributed by atoms with Gasteiger partial charge in [0.2, 0.25) is 0 Å². The highest BCUT2D eigenvalue weighted by molar-refractivity contribution is 7.15. The number of nitrogens with two attached hydrogens (primary N) is 1. The third-order valence-electron chi connectivity index (χ3n) is 3.47. The zero-order valence-corrected chi connectivity index (χ0v) is 13.3. The van der Waals surface area contributed by atoms with Gasteiger partial charge in [0.1, 0.15) is 5.82 Å². The van der Waals surface area contributed by atoms with Crippen LogP contribution in [0.15, 0.2) is 24.3 Å². The van der Waals surface area contributed by atoms with Crippen LogP contribution in [0.5, 0.6) is 0 Å². The Morgan fingerprint density at radius 3 is 2.76 bits per heavy atom. The molecule has 0 amide bonds. The van der Waals surface area contributed by atoms with Crippen molar-refractivity contribution in [3.63, 3.8) is 0 Å². The van der Waals surface area contributed by atoms with Crippen molar-refractivity contribution < 1.29 is 9.13 Å². The van der Waals surface area contributed by atoms with E-state index in [0.717, 1.165) is 15.7 Å². The Bertz CT molecular complexity index is 602. The molecule has 21 heavy (non-hydrogen) atoms. The largest absolute Gasteiger partial charge is 0.378 e. The molecule has 6 heteroatoms. The van der Waals surface area contributed by atoms with Gasteiger partial charge in [-0.15, -0.1) is 11.3 Å². The molecule has 1 atom stereocenters. The first-order chi connectivity index (χ1) is 10.1. The van der Waals surface area contributed by atoms with Crippen molar-refractivity contribution in [2.24, 2.45) is 5.73 Å². The maximum Gasteiger partial charge on any atom is 0.186 e. The van der Waals surface area contributed by atoms with E-state index in [-0.39, 0.29) is 11.9 Å². The maximum absolute atomic E-state index is 13.9. The van der Waals surface area contributed by atoms with Crippen molar-refractivity contribution in [1.82, 2.24) is 4.98 Å². The predicted octanol–water partition coefficient (Wildman–Crippen LogP) is 3.08. The fraction of sp³-hybridized carbons (Fsp3) is 0.400. The second-order valence-corrected chi connectivity index (χ2v) is 5.87. The number of benzene rings is 1. The van der Waals surface area contributed by atoms with Crippen LogP contribution in [0.1, 0.15) is 29.1 Å². The number of ether oxygens (including phenoxy) is 1. The molecule has 0 fully saturated rings. The lowest BCUT2D eigenvalue weighted by Gasteiger charge is -2.25. The monoisotopic (exact) mass is 309 g/mol. The van der Waals surface area contributed by atoms with Crippen molar-refractivity contribution in [3.05, 3.63) is 46.2 Å². The summed E-state index contributed by atoms with van der Waals surface area (Å²) >= 11 is 1.52. The number of aromatic nitrogens is 1. The summed E-state index contributed by atoms with van der Waals surface area (Å²) in [7, 11) is 3.54. The van der Waals surface area contributed by atoms with Crippen LogP contribution in [0, 0.1) is 5.82 Å². The van der Waals surface area contributed by atoms with Gasteiger partial charge in [0.05, 0.1) is 18.3 Å². The summed E-state index contributed by atoms with van der Waals surface area (Å²) in [5.41, 5.74) is 7.25. The first kappa shape index (κ1) is 15.9. The standard InChI is InChI=1S/C15H20FN3OS/c1-10(11-6-4-5-7-12(11)16)19(2)15-18-13(9-20-3)14(8-17)21-15/h4-7,10H,8-9,17H2,1-3H3. The third kappa shape index (κ3) is 3.40. The number of methoxy groups -OCH3 is 1. The smallest absolute Gasteiger partial charge is 0.186 e. The van der Waals surface area contributed by atoms with Gasteiger partial charge < -0.3 is 15.4 Å². The molecular weight excluding hydrogens is 289 g/mol. The number of thiazole rings is 1. The summed E-state index contributed by atoms with van der Waals surface area (Å²) in [4.78, 5) is 7.52. The van der Waals surface area contributed by atoms with E-state index in [1.165, 1.54) is 17.4 Å². The number of hydrogen-bond donors (Lipinski definition) is 1. The van der Waals surface area contributed by atoms with Gasteiger partial charge in [-0.05, 0) is 13.0 Å². The minimum Gasteiger partial charge on any atom is -0.378 e. The second-order valence-electron chi connectivity index (χ2n) is 4.81. The summed E-state index contributed by atoms with van der Waals surface area (Å²) in [6, 6.07) is 6.69. The molecule has 0 spiro atoms. The molecule has 1 heterocycles. The van der Waals surface area contributed by atoms with Crippen molar-refractivity contribution in [2.45, 2.75) is 26.1 Å². The number of halogens is 1. The molecule has 114 valence electrons. The van der Waals surface area contributed by atoms with Gasteiger partial charge >= 0.3 is 0 Å². The Kier molecular flexibility index (Phi) is 5.27. The van der Waals surface area contributed by atoms with Crippen LogP contribution in [0.3, 0.4) is 0 Å². The van der Waals surface area contributed by atoms with Gasteiger partial charge in [0.25, 0.3) is 0 Å². The van der Waals surface area contributed by atoms with Gasteiger partial charge in [-0.25, -0.2) is 9.37 Å². The van der Waals surface area contributed by atoms with E-state index in [1.54, 1.807) is 19.2 Å². The molecule has 0 bridgehead atoms. The molecule has 0 aliphatic heterocycles. The summed E-state index contributed by atoms with van der Waals surface area (Å²) in [5.74, 6) is -0.204. The fourth-order valence-electron chi connectivity index (χ4n) is 2.12. The Morgan fingerprint density at radius 1 is 1.43 bits per heavy atom. The van der Waals surface area contributed by atoms with Crippen molar-refractivity contribution in [2.75, 3.05) is 19.1 Å². The third-order valence-corrected chi connectivity index (χ3v) is 4.68. The Hall–Kier alpha value is -1.50. The first-order valence-corrected chi connectivity index (χ1v) is 7.55. The van der Waals surface area contributed by atoms with E-state index in [2.05, 4.69) is 4.98 Å². The summed E-state index contributed by atoms with van der Waals surface area (Å²) in [6.45, 7) is 2.82. The highest BCUT2D eigenvalue weighted by Gasteiger charge is 2.20. The molecule has 0 saturated carbocycles. The molecule has 1 unspecified atom stereocenters. The Balaban J connectivity index is 2.27. The van der Waals surface area contributed by atoms with Gasteiger partial charge in [-0.2, -0.15) is 0 Å². The lowest BCUT2D eigenvalue weighted by atomic mass is 10.1. The fourth-order valence-corrected chi connectivity index (χ4v) is 3.10. The summed E-state index contributed by atoms with van der Waals surface area (Å²) < 4.78 is 19.0. The predicted molar refractivity (Wildman–Crippen MR) is 83.9 cm³/mol. The molecule has 0 aliphatic rings. The SMILES string of the molecule is COCc1nc(N(C)C(C)c2ccccc2F)sc1CN. The molecule has 0 saturated heterocycles. The molecule has 2 rings (SSSR count). The average molecular weight is 309 g/mol. The van der Waals surface area contributed by atoms with Crippen LogP contribution in [0.4, 0.5) is 9.52 Å². The van der Waals surface area contributed by atoms with Crippen LogP contribution in [-0.2, 0) is 17.9 Å². The molecule has 0 aliphatic carbocycles. The van der Waals surface area contributed by atoms with Gasteiger partial charge in [-0.3, -0.25) is 0 Å². The van der Waals surface area contributed by atoms with E-state index in [0.29, 0.717) is 18.7 Å². The number of hydrogen-bond acceptors (Lipinski definition) is 5. The van der Waals surface area contributed by atoms with E-state index in [1.807, 2.05) is 24.9 Å². The molecule has 2 N–H and O–H groups in total. The van der Waals surface area contributed by atoms with E-state index < -0.39 is 0 Å². The number of anilines is 1. The van der Waals surface area contributed by atoms with Gasteiger partial charge in [0, 0.05) is 31.1 Å². The highest BCUT2D eigenvalue weighted by Crippen LogP contribution is 2.32. The minimum atomic E-state index is -0.204. The first-order valence-electron chi connectivity index (χ1n) is 6.73. The lowest BCUT2D eigenvalue weighted by Crippen LogP contribution is -2.22. The van der Waals surface area contributed by atoms with Crippen LogP contribution in [-0.4, -0.2) is 19.1 Å². The van der Waals surface area contributed by atoms with Crippen LogP contribution >= 0.6 is 11.3 Å². The zero-order valence-electron chi connectivity index (χ0n) is 12.5. The maximum atomic E-state index is 13.9. The average Bonchev–Trinajstić information content (AvgIpc) is 2.90. The minimum absolute atomic E-state index is 0.113. The Labute approximate surface area is 128 Å². The molecular formula is C15H20FN3OS. The van der Waals surface area contributed by atoms with Crippen molar-refractivity contribution in [3.8, 4) is 0 Å². The van der Waals surface area contributed by atoms with Gasteiger partial charge in [-0.1, -0.05) is 18.2 Å². The van der Waals surface area contributed by atoms with Crippen LogP contribution in [0.2, 0.25) is 0 Å². The van der Waals surface area contributed by atoms with E-state index in [4.69, 9.17) is 10.5 Å². The van der Waals surface area contributed by atoms with Crippen molar-refractivity contribution in [1.29, 1.82) is 0 Å². The second kappa shape index (κ2) is 6.98. The molecule has 0 radical (unpaired) electrons. The highest BCUT2D eigenvalue weighted by atomic mass is 32.1. The summed E-state index contributed by atoms with van der Waals surface area (Å²) in [5, 5.41) is 0.818. The van der Waals surface area contributed by atoms with Crippen LogP contribution in [0.25, 0.3) is 0 Å². The molecule has 1 aromatic heterocycles. The molecule has 1 aromatic carbocycles.